The van der Waals surface area contributed by atoms with Crippen molar-refractivity contribution in [3.63, 3.8) is 0 Å². The molecule has 158 valence electrons. The number of hydrogen-bond donors (Lipinski definition) is 2. The highest BCUT2D eigenvalue weighted by Crippen LogP contribution is 2.40. The predicted octanol–water partition coefficient (Wildman–Crippen LogP) is 4.58. The van der Waals surface area contributed by atoms with Crippen molar-refractivity contribution >= 4 is 34.2 Å². The van der Waals surface area contributed by atoms with Crippen molar-refractivity contribution < 1.29 is 24.2 Å². The Hall–Kier alpha value is -2.15. The minimum absolute atomic E-state index is 0.326. The van der Waals surface area contributed by atoms with Crippen LogP contribution in [-0.4, -0.2) is 29.6 Å². The molecule has 7 heteroatoms. The third-order valence-electron chi connectivity index (χ3n) is 5.97. The van der Waals surface area contributed by atoms with E-state index < -0.39 is 23.8 Å². The van der Waals surface area contributed by atoms with Crippen molar-refractivity contribution in [3.05, 3.63) is 27.2 Å². The molecule has 2 aliphatic rings. The van der Waals surface area contributed by atoms with Gasteiger partial charge in [-0.2, -0.15) is 0 Å². The summed E-state index contributed by atoms with van der Waals surface area (Å²) in [6, 6.07) is 0. The smallest absolute Gasteiger partial charge is 0.341 e. The first-order valence-corrected chi connectivity index (χ1v) is 11.2. The van der Waals surface area contributed by atoms with Gasteiger partial charge in [0.25, 0.3) is 0 Å². The van der Waals surface area contributed by atoms with Crippen LogP contribution in [0, 0.1) is 11.8 Å². The van der Waals surface area contributed by atoms with Crippen LogP contribution >= 0.6 is 11.3 Å². The Morgan fingerprint density at radius 3 is 2.41 bits per heavy atom. The first-order valence-electron chi connectivity index (χ1n) is 10.3. The van der Waals surface area contributed by atoms with Gasteiger partial charge >= 0.3 is 11.9 Å². The number of aliphatic carboxylic acids is 1. The third-order valence-corrected chi connectivity index (χ3v) is 7.18. The van der Waals surface area contributed by atoms with Crippen LogP contribution in [0.1, 0.15) is 73.7 Å². The second-order valence-electron chi connectivity index (χ2n) is 8.06. The quantitative estimate of drug-likeness (QED) is 0.520. The number of fused-ring (bicyclic) bond motifs is 1. The number of carboxylic acid groups (broad SMARTS) is 1. The van der Waals surface area contributed by atoms with Crippen LogP contribution in [0.15, 0.2) is 11.1 Å². The molecule has 0 bridgehead atoms. The maximum atomic E-state index is 13.1. The number of allylic oxidation sites excluding steroid dienone is 2. The average Bonchev–Trinajstić information content (AvgIpc) is 3.05. The van der Waals surface area contributed by atoms with Crippen molar-refractivity contribution in [1.29, 1.82) is 0 Å². The molecule has 2 atom stereocenters. The SMILES string of the molecule is CCCOC(=O)c1c(NC(=O)C2CC(C)=C(C)CC2C(=O)O)sc2c1CCCC2. The molecular formula is C22H29NO5S. The van der Waals surface area contributed by atoms with E-state index in [0.717, 1.165) is 53.7 Å². The molecule has 0 aliphatic heterocycles. The Kier molecular flexibility index (Phi) is 6.77. The fraction of sp³-hybridized carbons (Fsp3) is 0.591. The summed E-state index contributed by atoms with van der Waals surface area (Å²) >= 11 is 1.43. The van der Waals surface area contributed by atoms with Gasteiger partial charge in [-0.15, -0.1) is 11.3 Å². The van der Waals surface area contributed by atoms with Gasteiger partial charge in [-0.1, -0.05) is 18.1 Å². The van der Waals surface area contributed by atoms with Crippen molar-refractivity contribution in [2.75, 3.05) is 11.9 Å². The van der Waals surface area contributed by atoms with E-state index in [1.54, 1.807) is 0 Å². The number of ether oxygens (including phenoxy) is 1. The van der Waals surface area contributed by atoms with Crippen LogP contribution in [0.3, 0.4) is 0 Å². The number of esters is 1. The predicted molar refractivity (Wildman–Crippen MR) is 112 cm³/mol. The van der Waals surface area contributed by atoms with E-state index in [1.165, 1.54) is 11.3 Å². The number of carbonyl (C=O) groups is 3. The molecule has 1 aromatic rings. The highest BCUT2D eigenvalue weighted by atomic mass is 32.1. The first kappa shape index (κ1) is 21.6. The molecule has 1 aromatic heterocycles. The molecule has 29 heavy (non-hydrogen) atoms. The second-order valence-corrected chi connectivity index (χ2v) is 9.17. The zero-order valence-corrected chi connectivity index (χ0v) is 18.1. The van der Waals surface area contributed by atoms with E-state index in [4.69, 9.17) is 4.74 Å². The number of carboxylic acids is 1. The van der Waals surface area contributed by atoms with Crippen molar-refractivity contribution in [2.45, 2.75) is 65.7 Å². The number of rotatable bonds is 6. The Labute approximate surface area is 175 Å². The van der Waals surface area contributed by atoms with Crippen LogP contribution in [0.4, 0.5) is 5.00 Å². The largest absolute Gasteiger partial charge is 0.481 e. The molecule has 0 spiro atoms. The van der Waals surface area contributed by atoms with Crippen molar-refractivity contribution in [1.82, 2.24) is 0 Å². The summed E-state index contributed by atoms with van der Waals surface area (Å²) in [5.41, 5.74) is 3.56. The minimum atomic E-state index is -0.954. The molecule has 1 heterocycles. The van der Waals surface area contributed by atoms with Gasteiger partial charge in [0.15, 0.2) is 0 Å². The van der Waals surface area contributed by atoms with Crippen LogP contribution in [-0.2, 0) is 27.2 Å². The normalized spacial score (nSPS) is 21.5. The molecule has 6 nitrogen and oxygen atoms in total. The standard InChI is InChI=1S/C22H29NO5S/c1-4-9-28-22(27)18-14-7-5-6-8-17(14)29-20(18)23-19(24)15-10-12(2)13(3)11-16(15)21(25)26/h15-16H,4-11H2,1-3H3,(H,23,24)(H,25,26). The van der Waals surface area contributed by atoms with Gasteiger partial charge in [0.05, 0.1) is 24.0 Å². The molecule has 3 rings (SSSR count). The monoisotopic (exact) mass is 419 g/mol. The molecule has 0 saturated heterocycles. The highest BCUT2D eigenvalue weighted by Gasteiger charge is 2.38. The Morgan fingerprint density at radius 1 is 1.10 bits per heavy atom. The Balaban J connectivity index is 1.89. The lowest BCUT2D eigenvalue weighted by Gasteiger charge is -2.29. The van der Waals surface area contributed by atoms with Gasteiger partial charge in [-0.05, 0) is 64.4 Å². The van der Waals surface area contributed by atoms with Gasteiger partial charge in [0.1, 0.15) is 5.00 Å². The summed E-state index contributed by atoms with van der Waals surface area (Å²) in [4.78, 5) is 38.7. The minimum Gasteiger partial charge on any atom is -0.481 e. The maximum absolute atomic E-state index is 13.1. The molecule has 2 aliphatic carbocycles. The van der Waals surface area contributed by atoms with E-state index in [-0.39, 0.29) is 5.91 Å². The van der Waals surface area contributed by atoms with Crippen LogP contribution < -0.4 is 5.32 Å². The number of carbonyl (C=O) groups excluding carboxylic acids is 2. The van der Waals surface area contributed by atoms with E-state index >= 15 is 0 Å². The van der Waals surface area contributed by atoms with E-state index in [0.29, 0.717) is 30.0 Å². The van der Waals surface area contributed by atoms with E-state index in [2.05, 4.69) is 5.32 Å². The summed E-state index contributed by atoms with van der Waals surface area (Å²) in [7, 11) is 0. The summed E-state index contributed by atoms with van der Waals surface area (Å²) in [5.74, 6) is -3.07. The average molecular weight is 420 g/mol. The summed E-state index contributed by atoms with van der Waals surface area (Å²) in [6.45, 7) is 6.15. The molecule has 2 N–H and O–H groups in total. The van der Waals surface area contributed by atoms with Gasteiger partial charge in [0.2, 0.25) is 5.91 Å². The lowest BCUT2D eigenvalue weighted by atomic mass is 9.76. The lowest BCUT2D eigenvalue weighted by Crippen LogP contribution is -2.36. The zero-order chi connectivity index (χ0) is 21.1. The fourth-order valence-corrected chi connectivity index (χ4v) is 5.45. The molecule has 0 saturated carbocycles. The number of anilines is 1. The van der Waals surface area contributed by atoms with Gasteiger partial charge in [-0.25, -0.2) is 4.79 Å². The topological polar surface area (TPSA) is 92.7 Å². The number of hydrogen-bond acceptors (Lipinski definition) is 5. The molecular weight excluding hydrogens is 390 g/mol. The fourth-order valence-electron chi connectivity index (χ4n) is 4.17. The first-order chi connectivity index (χ1) is 13.8. The molecule has 0 fully saturated rings. The molecule has 0 aromatic carbocycles. The van der Waals surface area contributed by atoms with Crippen LogP contribution in [0.5, 0.6) is 0 Å². The highest BCUT2D eigenvalue weighted by molar-refractivity contribution is 7.17. The molecule has 2 unspecified atom stereocenters. The van der Waals surface area contributed by atoms with E-state index in [1.807, 2.05) is 20.8 Å². The van der Waals surface area contributed by atoms with Gasteiger partial charge in [-0.3, -0.25) is 9.59 Å². The molecule has 1 amide bonds. The van der Waals surface area contributed by atoms with Crippen LogP contribution in [0.2, 0.25) is 0 Å². The number of amides is 1. The number of thiophene rings is 1. The Bertz CT molecular complexity index is 854. The van der Waals surface area contributed by atoms with Crippen molar-refractivity contribution in [3.8, 4) is 0 Å². The van der Waals surface area contributed by atoms with E-state index in [9.17, 15) is 19.5 Å². The summed E-state index contributed by atoms with van der Waals surface area (Å²) in [6.07, 6.45) is 5.32. The van der Waals surface area contributed by atoms with Crippen molar-refractivity contribution in [2.24, 2.45) is 11.8 Å². The summed E-state index contributed by atoms with van der Waals surface area (Å²) < 4.78 is 5.37. The Morgan fingerprint density at radius 2 is 1.76 bits per heavy atom. The van der Waals surface area contributed by atoms with Crippen LogP contribution in [0.25, 0.3) is 0 Å². The number of aryl methyl sites for hydroxylation is 1. The van der Waals surface area contributed by atoms with Gasteiger partial charge < -0.3 is 15.2 Å². The lowest BCUT2D eigenvalue weighted by molar-refractivity contribution is -0.146. The molecule has 0 radical (unpaired) electrons. The summed E-state index contributed by atoms with van der Waals surface area (Å²) in [5, 5.41) is 13.0. The third kappa shape index (κ3) is 4.55. The second kappa shape index (κ2) is 9.11. The zero-order valence-electron chi connectivity index (χ0n) is 17.3. The van der Waals surface area contributed by atoms with Gasteiger partial charge in [0, 0.05) is 4.88 Å². The number of nitrogens with one attached hydrogen (secondary N) is 1. The maximum Gasteiger partial charge on any atom is 0.341 e.